The summed E-state index contributed by atoms with van der Waals surface area (Å²) in [7, 11) is 0. The van der Waals surface area contributed by atoms with Gasteiger partial charge in [-0.1, -0.05) is 12.8 Å². The quantitative estimate of drug-likeness (QED) is 0.798. The Morgan fingerprint density at radius 2 is 1.95 bits per heavy atom. The zero-order valence-electron chi connectivity index (χ0n) is 11.9. The van der Waals surface area contributed by atoms with Gasteiger partial charge in [0.1, 0.15) is 5.82 Å². The summed E-state index contributed by atoms with van der Waals surface area (Å²) in [6.07, 6.45) is 3.13. The molecule has 0 aliphatic heterocycles. The number of nitrogens with one attached hydrogen (secondary N) is 2. The maximum Gasteiger partial charge on any atom is 0.227 e. The van der Waals surface area contributed by atoms with Crippen LogP contribution in [0.3, 0.4) is 0 Å². The molecule has 0 unspecified atom stereocenters. The first-order chi connectivity index (χ1) is 9.88. The van der Waals surface area contributed by atoms with E-state index in [4.69, 9.17) is 0 Å². The predicted octanol–water partition coefficient (Wildman–Crippen LogP) is 2.42. The van der Waals surface area contributed by atoms with Crippen molar-refractivity contribution in [1.82, 2.24) is 0 Å². The molecule has 0 atom stereocenters. The van der Waals surface area contributed by atoms with Gasteiger partial charge in [0.2, 0.25) is 11.8 Å². The minimum atomic E-state index is -0.926. The molecule has 0 heterocycles. The average molecular weight is 294 g/mol. The number of carbonyl (C=O) groups is 2. The van der Waals surface area contributed by atoms with E-state index < -0.39 is 17.3 Å². The Labute approximate surface area is 122 Å². The molecule has 0 saturated heterocycles. The number of halogens is 1. The summed E-state index contributed by atoms with van der Waals surface area (Å²) in [6, 6.07) is 3.94. The van der Waals surface area contributed by atoms with Crippen LogP contribution in [0.25, 0.3) is 0 Å². The van der Waals surface area contributed by atoms with Crippen molar-refractivity contribution >= 4 is 23.2 Å². The second kappa shape index (κ2) is 6.22. The lowest BCUT2D eigenvalue weighted by atomic mass is 9.97. The molecule has 0 radical (unpaired) electrons. The summed E-state index contributed by atoms with van der Waals surface area (Å²) < 4.78 is 13.5. The molecule has 2 rings (SSSR count). The lowest BCUT2D eigenvalue weighted by molar-refractivity contribution is -0.120. The molecule has 5 nitrogen and oxygen atoms in total. The Morgan fingerprint density at radius 1 is 1.29 bits per heavy atom. The summed E-state index contributed by atoms with van der Waals surface area (Å²) in [6.45, 7) is 1.28. The maximum absolute atomic E-state index is 13.5. The smallest absolute Gasteiger partial charge is 0.227 e. The van der Waals surface area contributed by atoms with Crippen molar-refractivity contribution in [3.8, 4) is 0 Å². The van der Waals surface area contributed by atoms with Crippen molar-refractivity contribution in [2.75, 3.05) is 10.6 Å². The number of hydrogen-bond acceptors (Lipinski definition) is 3. The second-order valence-corrected chi connectivity index (χ2v) is 5.53. The van der Waals surface area contributed by atoms with Crippen molar-refractivity contribution < 1.29 is 19.1 Å². The third-order valence-corrected chi connectivity index (χ3v) is 3.58. The van der Waals surface area contributed by atoms with E-state index in [9.17, 15) is 19.1 Å². The number of benzene rings is 1. The van der Waals surface area contributed by atoms with Gasteiger partial charge in [0, 0.05) is 12.6 Å². The van der Waals surface area contributed by atoms with E-state index in [0.29, 0.717) is 18.5 Å². The third-order valence-electron chi connectivity index (χ3n) is 3.58. The fraction of sp³-hybridized carbons (Fsp3) is 0.467. The molecule has 1 aromatic carbocycles. The van der Waals surface area contributed by atoms with Crippen LogP contribution in [-0.2, 0) is 9.59 Å². The van der Waals surface area contributed by atoms with Gasteiger partial charge in [-0.15, -0.1) is 0 Å². The third kappa shape index (κ3) is 4.26. The SMILES string of the molecule is CC(=O)Nc1cc(NC(=O)CC2(O)CCCC2)ccc1F. The number of hydrogen-bond donors (Lipinski definition) is 3. The van der Waals surface area contributed by atoms with Crippen molar-refractivity contribution in [3.05, 3.63) is 24.0 Å². The van der Waals surface area contributed by atoms with Gasteiger partial charge in [-0.25, -0.2) is 4.39 Å². The largest absolute Gasteiger partial charge is 0.389 e. The van der Waals surface area contributed by atoms with Crippen LogP contribution < -0.4 is 10.6 Å². The number of aliphatic hydroxyl groups is 1. The zero-order chi connectivity index (χ0) is 15.5. The van der Waals surface area contributed by atoms with Gasteiger partial charge < -0.3 is 15.7 Å². The van der Waals surface area contributed by atoms with Crippen LogP contribution in [0.15, 0.2) is 18.2 Å². The van der Waals surface area contributed by atoms with Gasteiger partial charge in [0.05, 0.1) is 17.7 Å². The molecule has 1 aliphatic rings. The Morgan fingerprint density at radius 3 is 2.57 bits per heavy atom. The van der Waals surface area contributed by atoms with Crippen LogP contribution in [-0.4, -0.2) is 22.5 Å². The Kier molecular flexibility index (Phi) is 4.57. The number of carbonyl (C=O) groups excluding carboxylic acids is 2. The fourth-order valence-corrected chi connectivity index (χ4v) is 2.60. The molecule has 3 N–H and O–H groups in total. The summed E-state index contributed by atoms with van der Waals surface area (Å²) in [5, 5.41) is 15.2. The molecule has 1 saturated carbocycles. The van der Waals surface area contributed by atoms with Crippen LogP contribution >= 0.6 is 0 Å². The highest BCUT2D eigenvalue weighted by atomic mass is 19.1. The molecule has 0 spiro atoms. The molecule has 0 aromatic heterocycles. The molecular weight excluding hydrogens is 275 g/mol. The van der Waals surface area contributed by atoms with E-state index in [0.717, 1.165) is 12.8 Å². The normalized spacial score (nSPS) is 16.5. The molecule has 0 bridgehead atoms. The lowest BCUT2D eigenvalue weighted by Crippen LogP contribution is -2.30. The molecule has 1 aromatic rings. The molecule has 1 aliphatic carbocycles. The van der Waals surface area contributed by atoms with Crippen molar-refractivity contribution in [2.24, 2.45) is 0 Å². The fourth-order valence-electron chi connectivity index (χ4n) is 2.60. The first-order valence-corrected chi connectivity index (χ1v) is 6.97. The molecule has 114 valence electrons. The predicted molar refractivity (Wildman–Crippen MR) is 77.4 cm³/mol. The number of anilines is 2. The Bertz CT molecular complexity index is 554. The lowest BCUT2D eigenvalue weighted by Gasteiger charge is -2.21. The van der Waals surface area contributed by atoms with Crippen LogP contribution in [0.5, 0.6) is 0 Å². The van der Waals surface area contributed by atoms with Gasteiger partial charge in [0.25, 0.3) is 0 Å². The van der Waals surface area contributed by atoms with Gasteiger partial charge in [-0.3, -0.25) is 9.59 Å². The molecular formula is C15H19FN2O3. The molecule has 2 amide bonds. The summed E-state index contributed by atoms with van der Waals surface area (Å²) in [4.78, 5) is 22.9. The Hall–Kier alpha value is -1.95. The van der Waals surface area contributed by atoms with Crippen molar-refractivity contribution in [3.63, 3.8) is 0 Å². The summed E-state index contributed by atoms with van der Waals surface area (Å²) in [5.74, 6) is -1.28. The molecule has 21 heavy (non-hydrogen) atoms. The van der Waals surface area contributed by atoms with Crippen LogP contribution in [0, 0.1) is 5.82 Å². The highest BCUT2D eigenvalue weighted by Crippen LogP contribution is 2.32. The number of rotatable bonds is 4. The van der Waals surface area contributed by atoms with Gasteiger partial charge in [-0.05, 0) is 31.0 Å². The zero-order valence-corrected chi connectivity index (χ0v) is 11.9. The standard InChI is InChI=1S/C15H19FN2O3/c1-10(19)17-13-8-11(4-5-12(13)16)18-14(20)9-15(21)6-2-3-7-15/h4-5,8,21H,2-3,6-7,9H2,1H3,(H,17,19)(H,18,20). The van der Waals surface area contributed by atoms with Crippen molar-refractivity contribution in [2.45, 2.75) is 44.6 Å². The summed E-state index contributed by atoms with van der Waals surface area (Å²) >= 11 is 0. The van der Waals surface area contributed by atoms with E-state index in [1.807, 2.05) is 0 Å². The monoisotopic (exact) mass is 294 g/mol. The van der Waals surface area contributed by atoms with Gasteiger partial charge >= 0.3 is 0 Å². The van der Waals surface area contributed by atoms with Gasteiger partial charge in [0.15, 0.2) is 0 Å². The maximum atomic E-state index is 13.5. The van der Waals surface area contributed by atoms with E-state index in [2.05, 4.69) is 10.6 Å². The van der Waals surface area contributed by atoms with E-state index >= 15 is 0 Å². The summed E-state index contributed by atoms with van der Waals surface area (Å²) in [5.41, 5.74) is -0.531. The van der Waals surface area contributed by atoms with Gasteiger partial charge in [-0.2, -0.15) is 0 Å². The van der Waals surface area contributed by atoms with Crippen LogP contribution in [0.4, 0.5) is 15.8 Å². The van der Waals surface area contributed by atoms with Crippen LogP contribution in [0.1, 0.15) is 39.0 Å². The second-order valence-electron chi connectivity index (χ2n) is 5.53. The number of amides is 2. The van der Waals surface area contributed by atoms with Crippen molar-refractivity contribution in [1.29, 1.82) is 0 Å². The van der Waals surface area contributed by atoms with E-state index in [-0.39, 0.29) is 18.0 Å². The topological polar surface area (TPSA) is 78.4 Å². The minimum absolute atomic E-state index is 0.0138. The highest BCUT2D eigenvalue weighted by molar-refractivity contribution is 5.93. The first-order valence-electron chi connectivity index (χ1n) is 6.97. The minimum Gasteiger partial charge on any atom is -0.389 e. The molecule has 6 heteroatoms. The van der Waals surface area contributed by atoms with Crippen LogP contribution in [0.2, 0.25) is 0 Å². The Balaban J connectivity index is 2.02. The first kappa shape index (κ1) is 15.4. The van der Waals surface area contributed by atoms with E-state index in [1.165, 1.54) is 25.1 Å². The molecule has 1 fully saturated rings. The highest BCUT2D eigenvalue weighted by Gasteiger charge is 2.33. The average Bonchev–Trinajstić information content (AvgIpc) is 2.79. The van der Waals surface area contributed by atoms with E-state index in [1.54, 1.807) is 0 Å².